The van der Waals surface area contributed by atoms with Gasteiger partial charge in [-0.2, -0.15) is 12.1 Å². The van der Waals surface area contributed by atoms with Crippen molar-refractivity contribution in [1.82, 2.24) is 0 Å². The summed E-state index contributed by atoms with van der Waals surface area (Å²) in [6, 6.07) is 38.1. The number of benzene rings is 4. The van der Waals surface area contributed by atoms with Crippen LogP contribution in [-0.2, 0) is 28.8 Å². The molecule has 0 bridgehead atoms. The molecule has 6 rings (SSSR count). The molecule has 46 heavy (non-hydrogen) atoms. The fourth-order valence-corrected chi connectivity index (χ4v) is 5.65. The zero-order chi connectivity index (χ0) is 32.2. The van der Waals surface area contributed by atoms with Gasteiger partial charge in [0.1, 0.15) is 0 Å². The average molecular weight is 743 g/mol. The predicted molar refractivity (Wildman–Crippen MR) is 194 cm³/mol. The number of hydrogen-bond donors (Lipinski definition) is 0. The predicted octanol–water partition coefficient (Wildman–Crippen LogP) is 6.59. The molecule has 6 aromatic carbocycles. The van der Waals surface area contributed by atoms with E-state index in [0.717, 1.165) is 0 Å². The second kappa shape index (κ2) is 17.3. The minimum Gasteiger partial charge on any atom is -1.00 e. The van der Waals surface area contributed by atoms with E-state index in [1.165, 1.54) is 71.6 Å². The third kappa shape index (κ3) is 10.1. The normalized spacial score (nSPS) is 10.8. The van der Waals surface area contributed by atoms with Crippen LogP contribution in [0.1, 0.15) is 68.4 Å². The van der Waals surface area contributed by atoms with Crippen LogP contribution in [0.5, 0.6) is 0 Å². The van der Waals surface area contributed by atoms with Crippen molar-refractivity contribution >= 4 is 27.0 Å². The standard InChI is InChI=1S/C22H25.C18H17.C2H6Si.2ClH.Zr/c1-15(2)18-13-17-7-6-8-20(21(17)14-18)16-9-11-19(12-10-16)22(3,4)5;1-12-5-4-6-15(9-12)16-8-7-14(3)17-10-13(2)11-18(16)17;1-3-2;;;/h6-15H,1-5H3;4-11H,1-3H3;1-2H3;2*1H;/q2*-1;;;;+2/p-2. The molecule has 0 aliphatic carbocycles. The number of halogens is 2. The summed E-state index contributed by atoms with van der Waals surface area (Å²) in [6.07, 6.45) is 0. The van der Waals surface area contributed by atoms with Crippen LogP contribution < -0.4 is 24.8 Å². The largest absolute Gasteiger partial charge is 1.00 e. The topological polar surface area (TPSA) is 0 Å². The summed E-state index contributed by atoms with van der Waals surface area (Å²) in [5, 5.41) is 5.47. The van der Waals surface area contributed by atoms with Gasteiger partial charge in [-0.3, -0.25) is 0 Å². The Kier molecular flexibility index (Phi) is 15.0. The first-order valence-corrected chi connectivity index (χ1v) is 22.0. The molecule has 0 fully saturated rings. The first-order valence-electron chi connectivity index (χ1n) is 15.8. The Morgan fingerprint density at radius 3 is 1.87 bits per heavy atom. The molecule has 0 spiro atoms. The number of aryl methyl sites for hydroxylation is 3. The number of fused-ring (bicyclic) bond motifs is 2. The van der Waals surface area contributed by atoms with Gasteiger partial charge in [-0.15, -0.1) is 68.6 Å². The summed E-state index contributed by atoms with van der Waals surface area (Å²) in [5.41, 5.74) is 12.5. The molecule has 0 atom stereocenters. The van der Waals surface area contributed by atoms with E-state index in [4.69, 9.17) is 0 Å². The van der Waals surface area contributed by atoms with Crippen LogP contribution >= 0.6 is 0 Å². The van der Waals surface area contributed by atoms with E-state index >= 15 is 0 Å². The van der Waals surface area contributed by atoms with Gasteiger partial charge >= 0.3 is 41.9 Å². The molecule has 0 saturated heterocycles. The fourth-order valence-electron chi connectivity index (χ4n) is 5.65. The van der Waals surface area contributed by atoms with Gasteiger partial charge in [-0.05, 0) is 34.9 Å². The third-order valence-electron chi connectivity index (χ3n) is 8.08. The van der Waals surface area contributed by atoms with Crippen molar-refractivity contribution in [2.75, 3.05) is 0 Å². The van der Waals surface area contributed by atoms with Gasteiger partial charge in [0.2, 0.25) is 0 Å². The smallest absolute Gasteiger partial charge is 0.0276 e. The Morgan fingerprint density at radius 2 is 1.28 bits per heavy atom. The monoisotopic (exact) mass is 740 g/mol. The maximum atomic E-state index is 2.35. The van der Waals surface area contributed by atoms with E-state index in [2.05, 4.69) is 172 Å². The van der Waals surface area contributed by atoms with Crippen molar-refractivity contribution in [3.8, 4) is 22.3 Å². The van der Waals surface area contributed by atoms with Gasteiger partial charge in [0.05, 0.1) is 0 Å². The molecule has 240 valence electrons. The van der Waals surface area contributed by atoms with Gasteiger partial charge in [0.25, 0.3) is 0 Å². The summed E-state index contributed by atoms with van der Waals surface area (Å²) in [4.78, 5) is 0. The van der Waals surface area contributed by atoms with Crippen molar-refractivity contribution in [3.63, 3.8) is 0 Å². The molecule has 0 aliphatic rings. The minimum atomic E-state index is 0. The van der Waals surface area contributed by atoms with Crippen LogP contribution in [0.4, 0.5) is 0 Å². The van der Waals surface area contributed by atoms with E-state index in [-0.39, 0.29) is 35.7 Å². The fraction of sp³-hybridized carbons (Fsp3) is 0.286. The zero-order valence-electron chi connectivity index (χ0n) is 29.1. The second-order valence-electron chi connectivity index (χ2n) is 13.7. The Labute approximate surface area is 306 Å². The minimum absolute atomic E-state index is 0. The van der Waals surface area contributed by atoms with E-state index in [1.807, 2.05) is 0 Å². The summed E-state index contributed by atoms with van der Waals surface area (Å²) in [6.45, 7) is 22.4. The number of rotatable bonds is 3. The third-order valence-corrected chi connectivity index (χ3v) is 8.08. The van der Waals surface area contributed by atoms with Crippen molar-refractivity contribution < 1.29 is 48.1 Å². The molecule has 0 unspecified atom stereocenters. The molecular weight excluding hydrogens is 695 g/mol. The zero-order valence-corrected chi connectivity index (χ0v) is 34.1. The van der Waals surface area contributed by atoms with Crippen LogP contribution in [0.3, 0.4) is 0 Å². The van der Waals surface area contributed by atoms with Crippen LogP contribution in [0.25, 0.3) is 43.8 Å². The van der Waals surface area contributed by atoms with Crippen LogP contribution in [0, 0.1) is 20.8 Å². The van der Waals surface area contributed by atoms with Gasteiger partial charge in [0.15, 0.2) is 0 Å². The Bertz CT molecular complexity index is 1880. The van der Waals surface area contributed by atoms with E-state index in [9.17, 15) is 0 Å². The van der Waals surface area contributed by atoms with E-state index in [1.54, 1.807) is 23.3 Å². The van der Waals surface area contributed by atoms with Crippen molar-refractivity contribution in [3.05, 3.63) is 131 Å². The van der Waals surface area contributed by atoms with Crippen LogP contribution in [-0.4, -0.2) is 5.43 Å². The summed E-state index contributed by atoms with van der Waals surface area (Å²) >= 11 is 1.74. The Balaban J connectivity index is 0.000000280. The van der Waals surface area contributed by atoms with Crippen molar-refractivity contribution in [2.45, 2.75) is 79.8 Å². The van der Waals surface area contributed by atoms with E-state index < -0.39 is 0 Å². The molecule has 0 aromatic heterocycles. The van der Waals surface area contributed by atoms with Gasteiger partial charge in [-0.1, -0.05) is 126 Å². The van der Waals surface area contributed by atoms with Gasteiger partial charge in [0, 0.05) is 0 Å². The van der Waals surface area contributed by atoms with Gasteiger partial charge in [-0.25, -0.2) is 0 Å². The molecule has 0 saturated carbocycles. The molecular formula is C42H48Cl2SiZr-2. The summed E-state index contributed by atoms with van der Waals surface area (Å²) < 4.78 is 0. The molecule has 0 radical (unpaired) electrons. The van der Waals surface area contributed by atoms with Crippen molar-refractivity contribution in [2.24, 2.45) is 0 Å². The summed E-state index contributed by atoms with van der Waals surface area (Å²) in [7, 11) is 0. The molecule has 0 aliphatic heterocycles. The van der Waals surface area contributed by atoms with Gasteiger partial charge < -0.3 is 24.8 Å². The van der Waals surface area contributed by atoms with Crippen LogP contribution in [0.2, 0.25) is 13.1 Å². The molecule has 4 heteroatoms. The average Bonchev–Trinajstić information content (AvgIpc) is 3.57. The maximum Gasteiger partial charge on any atom is -0.0276 e. The molecule has 0 nitrogen and oxygen atoms in total. The molecule has 6 aromatic rings. The van der Waals surface area contributed by atoms with E-state index in [0.29, 0.717) is 5.92 Å². The maximum absolute atomic E-state index is 2.35. The SMILES string of the molecule is CC(C)c1cc2c(-c3ccc(C(C)(C)C)cc3)cccc2[cH-]1.C[Si](C)=[Zr+2].Cc1cccc(-c2ccc(C)c3[cH-]c(C)cc23)c1.[Cl-].[Cl-]. The molecule has 0 N–H and O–H groups in total. The Morgan fingerprint density at radius 1 is 0.674 bits per heavy atom. The second-order valence-corrected chi connectivity index (χ2v) is 23.1. The van der Waals surface area contributed by atoms with Crippen molar-refractivity contribution in [1.29, 1.82) is 0 Å². The molecule has 0 amide bonds. The molecule has 0 heterocycles. The first kappa shape index (κ1) is 40.0. The number of hydrogen-bond acceptors (Lipinski definition) is 0. The first-order chi connectivity index (χ1) is 20.7. The quantitative estimate of drug-likeness (QED) is 0.142. The van der Waals surface area contributed by atoms with Crippen LogP contribution in [0.15, 0.2) is 103 Å². The summed E-state index contributed by atoms with van der Waals surface area (Å²) in [5.74, 6) is 0.573. The Hall–Kier alpha value is -2.22.